The predicted octanol–water partition coefficient (Wildman–Crippen LogP) is 2.71. The van der Waals surface area contributed by atoms with E-state index in [-0.39, 0.29) is 30.2 Å². The topological polar surface area (TPSA) is 98.8 Å². The van der Waals surface area contributed by atoms with E-state index in [1.54, 1.807) is 13.1 Å². The van der Waals surface area contributed by atoms with Crippen LogP contribution >= 0.6 is 0 Å². The number of carbonyl (C=O) groups is 1. The van der Waals surface area contributed by atoms with Gasteiger partial charge in [0, 0.05) is 24.0 Å². The number of nitro benzene ring substituents is 1. The number of ether oxygens (including phenoxy) is 1. The van der Waals surface area contributed by atoms with E-state index >= 15 is 0 Å². The molecule has 0 spiro atoms. The van der Waals surface area contributed by atoms with Crippen LogP contribution in [0.15, 0.2) is 42.7 Å². The average molecular weight is 358 g/mol. The highest BCUT2D eigenvalue weighted by Gasteiger charge is 2.18. The molecule has 0 saturated carbocycles. The molecule has 3 aromatic rings. The molecule has 2 heterocycles. The Hall–Kier alpha value is -3.49. The van der Waals surface area contributed by atoms with Crippen LogP contribution in [-0.4, -0.2) is 26.8 Å². The summed E-state index contributed by atoms with van der Waals surface area (Å²) in [6.45, 7) is 2.09. The van der Waals surface area contributed by atoms with Crippen LogP contribution in [-0.2, 0) is 6.54 Å². The fraction of sp³-hybridized carbons (Fsp3) is 0.176. The highest BCUT2D eigenvalue weighted by atomic mass is 19.1. The zero-order valence-electron chi connectivity index (χ0n) is 13.8. The number of halogens is 1. The number of hydrogen-bond acceptors (Lipinski definition) is 5. The van der Waals surface area contributed by atoms with Gasteiger partial charge in [-0.1, -0.05) is 0 Å². The average Bonchev–Trinajstić information content (AvgIpc) is 3.02. The number of rotatable bonds is 6. The van der Waals surface area contributed by atoms with E-state index in [9.17, 15) is 19.3 Å². The summed E-state index contributed by atoms with van der Waals surface area (Å²) in [5.41, 5.74) is 0.939. The zero-order chi connectivity index (χ0) is 18.7. The fourth-order valence-corrected chi connectivity index (χ4v) is 2.45. The number of nitro groups is 1. The molecule has 0 aliphatic carbocycles. The maximum absolute atomic E-state index is 13.2. The third-order valence-corrected chi connectivity index (χ3v) is 3.61. The van der Waals surface area contributed by atoms with Gasteiger partial charge in [-0.2, -0.15) is 0 Å². The smallest absolute Gasteiger partial charge is 0.311 e. The monoisotopic (exact) mass is 358 g/mol. The molecule has 3 rings (SSSR count). The summed E-state index contributed by atoms with van der Waals surface area (Å²) in [4.78, 5) is 27.0. The van der Waals surface area contributed by atoms with Crippen LogP contribution in [0.5, 0.6) is 5.75 Å². The Morgan fingerprint density at radius 3 is 2.88 bits per heavy atom. The quantitative estimate of drug-likeness (QED) is 0.539. The van der Waals surface area contributed by atoms with Crippen molar-refractivity contribution >= 4 is 17.2 Å². The van der Waals surface area contributed by atoms with Gasteiger partial charge in [0.1, 0.15) is 11.5 Å². The SMILES string of the molecule is CCOc1ccc(C(=O)NCc2cn3cc(F)ccc3n2)cc1[N+](=O)[O-]. The number of nitrogens with zero attached hydrogens (tertiary/aromatic N) is 3. The van der Waals surface area contributed by atoms with Gasteiger partial charge in [0.2, 0.25) is 0 Å². The lowest BCUT2D eigenvalue weighted by atomic mass is 10.1. The fourth-order valence-electron chi connectivity index (χ4n) is 2.45. The lowest BCUT2D eigenvalue weighted by Crippen LogP contribution is -2.23. The lowest BCUT2D eigenvalue weighted by Gasteiger charge is -2.07. The zero-order valence-corrected chi connectivity index (χ0v) is 13.8. The first-order chi connectivity index (χ1) is 12.5. The minimum absolute atomic E-state index is 0.100. The predicted molar refractivity (Wildman–Crippen MR) is 90.6 cm³/mol. The van der Waals surface area contributed by atoms with Crippen molar-refractivity contribution in [3.8, 4) is 5.75 Å². The molecule has 8 nitrogen and oxygen atoms in total. The largest absolute Gasteiger partial charge is 0.487 e. The second-order valence-electron chi connectivity index (χ2n) is 5.40. The summed E-state index contributed by atoms with van der Waals surface area (Å²) < 4.78 is 19.9. The second-order valence-corrected chi connectivity index (χ2v) is 5.40. The van der Waals surface area contributed by atoms with Crippen molar-refractivity contribution in [2.45, 2.75) is 13.5 Å². The Kier molecular flexibility index (Phi) is 4.78. The van der Waals surface area contributed by atoms with Crippen LogP contribution in [0, 0.1) is 15.9 Å². The Bertz CT molecular complexity index is 986. The van der Waals surface area contributed by atoms with E-state index in [1.807, 2.05) is 0 Å². The second kappa shape index (κ2) is 7.18. The summed E-state index contributed by atoms with van der Waals surface area (Å²) in [6, 6.07) is 6.83. The molecule has 134 valence electrons. The van der Waals surface area contributed by atoms with Gasteiger partial charge in [0.25, 0.3) is 5.91 Å². The molecule has 0 atom stereocenters. The van der Waals surface area contributed by atoms with Gasteiger partial charge in [0.05, 0.1) is 23.8 Å². The minimum Gasteiger partial charge on any atom is -0.487 e. The summed E-state index contributed by atoms with van der Waals surface area (Å²) in [7, 11) is 0. The van der Waals surface area contributed by atoms with Crippen LogP contribution < -0.4 is 10.1 Å². The van der Waals surface area contributed by atoms with E-state index in [0.717, 1.165) is 0 Å². The van der Waals surface area contributed by atoms with Gasteiger partial charge in [0.15, 0.2) is 5.75 Å². The molecule has 0 unspecified atom stereocenters. The van der Waals surface area contributed by atoms with Crippen LogP contribution in [0.2, 0.25) is 0 Å². The molecule has 0 aliphatic rings. The van der Waals surface area contributed by atoms with Crippen molar-refractivity contribution in [2.24, 2.45) is 0 Å². The van der Waals surface area contributed by atoms with Crippen molar-refractivity contribution in [1.29, 1.82) is 0 Å². The van der Waals surface area contributed by atoms with E-state index in [0.29, 0.717) is 11.3 Å². The van der Waals surface area contributed by atoms with Crippen molar-refractivity contribution in [3.05, 3.63) is 69.9 Å². The Morgan fingerprint density at radius 2 is 2.15 bits per heavy atom. The first-order valence-corrected chi connectivity index (χ1v) is 7.80. The van der Waals surface area contributed by atoms with Crippen molar-refractivity contribution in [2.75, 3.05) is 6.61 Å². The number of amides is 1. The van der Waals surface area contributed by atoms with Gasteiger partial charge < -0.3 is 14.5 Å². The molecule has 9 heteroatoms. The molecule has 0 fully saturated rings. The van der Waals surface area contributed by atoms with E-state index in [2.05, 4.69) is 10.3 Å². The van der Waals surface area contributed by atoms with Crippen molar-refractivity contribution < 1.29 is 18.8 Å². The molecule has 1 amide bonds. The number of fused-ring (bicyclic) bond motifs is 1. The molecule has 0 bridgehead atoms. The standard InChI is InChI=1S/C17H15FN4O4/c1-2-26-15-5-3-11(7-14(15)22(24)25)17(23)19-8-13-10-21-9-12(18)4-6-16(21)20-13/h3-7,9-10H,2,8H2,1H3,(H,19,23). The highest BCUT2D eigenvalue weighted by Crippen LogP contribution is 2.28. The van der Waals surface area contributed by atoms with E-state index in [1.165, 1.54) is 40.9 Å². The first kappa shape index (κ1) is 17.3. The maximum Gasteiger partial charge on any atom is 0.311 e. The number of carbonyl (C=O) groups excluding carboxylic acids is 1. The number of pyridine rings is 1. The molecular weight excluding hydrogens is 343 g/mol. The number of aromatic nitrogens is 2. The van der Waals surface area contributed by atoms with Gasteiger partial charge in [-0.3, -0.25) is 14.9 Å². The van der Waals surface area contributed by atoms with Crippen molar-refractivity contribution in [3.63, 3.8) is 0 Å². The number of hydrogen-bond donors (Lipinski definition) is 1. The molecule has 26 heavy (non-hydrogen) atoms. The molecule has 0 aliphatic heterocycles. The van der Waals surface area contributed by atoms with Gasteiger partial charge in [-0.15, -0.1) is 0 Å². The Morgan fingerprint density at radius 1 is 1.35 bits per heavy atom. The molecule has 1 aromatic carbocycles. The first-order valence-electron chi connectivity index (χ1n) is 7.80. The van der Waals surface area contributed by atoms with E-state index < -0.39 is 16.6 Å². The van der Waals surface area contributed by atoms with Gasteiger partial charge >= 0.3 is 5.69 Å². The molecule has 2 aromatic heterocycles. The number of imidazole rings is 1. The van der Waals surface area contributed by atoms with Crippen molar-refractivity contribution in [1.82, 2.24) is 14.7 Å². The summed E-state index contributed by atoms with van der Waals surface area (Å²) in [5.74, 6) is -0.775. The third kappa shape index (κ3) is 3.61. The van der Waals surface area contributed by atoms with Crippen LogP contribution in [0.4, 0.5) is 10.1 Å². The number of benzene rings is 1. The number of nitrogens with one attached hydrogen (secondary N) is 1. The molecule has 0 radical (unpaired) electrons. The third-order valence-electron chi connectivity index (χ3n) is 3.61. The van der Waals surface area contributed by atoms with Crippen LogP contribution in [0.1, 0.15) is 23.0 Å². The molecule has 0 saturated heterocycles. The Labute approximate surface area is 147 Å². The minimum atomic E-state index is -0.599. The lowest BCUT2D eigenvalue weighted by molar-refractivity contribution is -0.385. The maximum atomic E-state index is 13.2. The molecule has 1 N–H and O–H groups in total. The summed E-state index contributed by atoms with van der Waals surface area (Å²) >= 11 is 0. The van der Waals surface area contributed by atoms with Crippen LogP contribution in [0.3, 0.4) is 0 Å². The summed E-state index contributed by atoms with van der Waals surface area (Å²) in [5, 5.41) is 13.8. The van der Waals surface area contributed by atoms with Gasteiger partial charge in [-0.25, -0.2) is 9.37 Å². The molecular formula is C17H15FN4O4. The van der Waals surface area contributed by atoms with Gasteiger partial charge in [-0.05, 0) is 31.2 Å². The Balaban J connectivity index is 1.74. The van der Waals surface area contributed by atoms with E-state index in [4.69, 9.17) is 4.74 Å². The highest BCUT2D eigenvalue weighted by molar-refractivity contribution is 5.95. The van der Waals surface area contributed by atoms with Crippen LogP contribution in [0.25, 0.3) is 5.65 Å². The normalized spacial score (nSPS) is 10.7. The summed E-state index contributed by atoms with van der Waals surface area (Å²) in [6.07, 6.45) is 2.88.